The first-order valence-electron chi connectivity index (χ1n) is 5.81. The Balaban J connectivity index is 2.00. The number of nitrogens with one attached hydrogen (secondary N) is 1. The minimum atomic E-state index is -0.261. The summed E-state index contributed by atoms with van der Waals surface area (Å²) in [5.74, 6) is 1.71. The van der Waals surface area contributed by atoms with Crippen LogP contribution in [0, 0.1) is 11.3 Å². The number of hydrogen-bond donors (Lipinski definition) is 2. The van der Waals surface area contributed by atoms with Gasteiger partial charge in [0.05, 0.1) is 0 Å². The molecule has 1 fully saturated rings. The number of aldehydes is 1. The highest BCUT2D eigenvalue weighted by Gasteiger charge is 2.38. The molecular formula is C11H19N3OS. The molecular weight excluding hydrogens is 222 g/mol. The highest BCUT2D eigenvalue weighted by Crippen LogP contribution is 2.44. The molecule has 0 amide bonds. The van der Waals surface area contributed by atoms with Crippen LogP contribution in [-0.4, -0.2) is 24.0 Å². The summed E-state index contributed by atoms with van der Waals surface area (Å²) in [6.07, 6.45) is 5.39. The molecule has 3 N–H and O–H groups in total. The smallest absolute Gasteiger partial charge is 0.171 e. The number of nitrogens with zero attached hydrogens (tertiary/aromatic N) is 1. The van der Waals surface area contributed by atoms with Gasteiger partial charge in [-0.2, -0.15) is 0 Å². The van der Waals surface area contributed by atoms with Gasteiger partial charge in [-0.05, 0) is 42.7 Å². The standard InChI is InChI=1S/C11H19N3OS/c1-8-2-3-11(4-8,7-12)5-9-13-10(6-15)16-14-9/h6,8,10H,2-5,7,12H2,1H3,(H,13,14). The first-order chi connectivity index (χ1) is 7.67. The molecule has 3 unspecified atom stereocenters. The normalized spacial score (nSPS) is 38.2. The molecule has 4 nitrogen and oxygen atoms in total. The summed E-state index contributed by atoms with van der Waals surface area (Å²) in [6, 6.07) is 0. The minimum absolute atomic E-state index is 0.212. The van der Waals surface area contributed by atoms with Crippen LogP contribution in [-0.2, 0) is 4.79 Å². The zero-order valence-electron chi connectivity index (χ0n) is 9.61. The predicted molar refractivity (Wildman–Crippen MR) is 67.1 cm³/mol. The molecule has 1 heterocycles. The van der Waals surface area contributed by atoms with Crippen molar-refractivity contribution in [3.05, 3.63) is 0 Å². The third kappa shape index (κ3) is 2.40. The van der Waals surface area contributed by atoms with Crippen LogP contribution in [0.25, 0.3) is 0 Å². The predicted octanol–water partition coefficient (Wildman–Crippen LogP) is 1.32. The van der Waals surface area contributed by atoms with Crippen LogP contribution in [0.15, 0.2) is 4.99 Å². The molecule has 0 aromatic rings. The summed E-state index contributed by atoms with van der Waals surface area (Å²) < 4.78 is 3.14. The van der Waals surface area contributed by atoms with Crippen LogP contribution in [0.1, 0.15) is 32.6 Å². The van der Waals surface area contributed by atoms with Crippen molar-refractivity contribution in [2.75, 3.05) is 6.54 Å². The van der Waals surface area contributed by atoms with Crippen molar-refractivity contribution in [3.8, 4) is 0 Å². The first kappa shape index (κ1) is 11.9. The van der Waals surface area contributed by atoms with Gasteiger partial charge < -0.3 is 10.5 Å². The Morgan fingerprint density at radius 3 is 3.06 bits per heavy atom. The second-order valence-electron chi connectivity index (χ2n) is 5.05. The Bertz CT molecular complexity index is 308. The summed E-state index contributed by atoms with van der Waals surface area (Å²) >= 11 is 1.38. The van der Waals surface area contributed by atoms with Gasteiger partial charge in [-0.3, -0.25) is 4.79 Å². The van der Waals surface area contributed by atoms with E-state index in [0.29, 0.717) is 6.54 Å². The van der Waals surface area contributed by atoms with Crippen molar-refractivity contribution in [1.82, 2.24) is 4.72 Å². The molecule has 16 heavy (non-hydrogen) atoms. The minimum Gasteiger partial charge on any atom is -0.330 e. The molecule has 0 aromatic carbocycles. The number of carbonyl (C=O) groups excluding carboxylic acids is 1. The molecule has 1 aliphatic carbocycles. The van der Waals surface area contributed by atoms with Crippen molar-refractivity contribution >= 4 is 24.1 Å². The molecule has 0 spiro atoms. The summed E-state index contributed by atoms with van der Waals surface area (Å²) in [4.78, 5) is 14.9. The zero-order chi connectivity index (χ0) is 11.6. The van der Waals surface area contributed by atoms with Gasteiger partial charge >= 0.3 is 0 Å². The highest BCUT2D eigenvalue weighted by atomic mass is 32.2. The maximum atomic E-state index is 10.6. The van der Waals surface area contributed by atoms with Crippen molar-refractivity contribution in [2.45, 2.75) is 38.0 Å². The Kier molecular flexibility index (Phi) is 3.54. The van der Waals surface area contributed by atoms with E-state index in [2.05, 4.69) is 16.6 Å². The van der Waals surface area contributed by atoms with E-state index in [4.69, 9.17) is 5.73 Å². The molecule has 5 heteroatoms. The fraction of sp³-hybridized carbons (Fsp3) is 0.818. The van der Waals surface area contributed by atoms with Crippen molar-refractivity contribution in [2.24, 2.45) is 22.1 Å². The number of carbonyl (C=O) groups is 1. The van der Waals surface area contributed by atoms with Crippen LogP contribution in [0.4, 0.5) is 0 Å². The van der Waals surface area contributed by atoms with E-state index < -0.39 is 0 Å². The average molecular weight is 241 g/mol. The van der Waals surface area contributed by atoms with Crippen molar-refractivity contribution < 1.29 is 4.79 Å². The molecule has 0 aromatic heterocycles. The zero-order valence-corrected chi connectivity index (χ0v) is 10.4. The number of amidine groups is 1. The lowest BCUT2D eigenvalue weighted by atomic mass is 9.81. The van der Waals surface area contributed by atoms with Crippen molar-refractivity contribution in [1.29, 1.82) is 0 Å². The van der Waals surface area contributed by atoms with E-state index in [-0.39, 0.29) is 10.8 Å². The summed E-state index contributed by atoms with van der Waals surface area (Å²) in [5, 5.41) is -0.261. The maximum Gasteiger partial charge on any atom is 0.171 e. The SMILES string of the molecule is CC1CCC(CN)(CC2=NC(C=O)SN2)C1. The van der Waals surface area contributed by atoms with Crippen LogP contribution in [0.3, 0.4) is 0 Å². The molecule has 0 saturated heterocycles. The van der Waals surface area contributed by atoms with Gasteiger partial charge in [0.15, 0.2) is 11.7 Å². The van der Waals surface area contributed by atoms with E-state index in [1.54, 1.807) is 0 Å². The van der Waals surface area contributed by atoms with E-state index in [1.807, 2.05) is 0 Å². The maximum absolute atomic E-state index is 10.6. The fourth-order valence-electron chi connectivity index (χ4n) is 2.74. The second-order valence-corrected chi connectivity index (χ2v) is 5.97. The Morgan fingerprint density at radius 2 is 2.56 bits per heavy atom. The molecule has 1 saturated carbocycles. The Labute approximate surface area is 101 Å². The van der Waals surface area contributed by atoms with Gasteiger partial charge in [-0.25, -0.2) is 4.99 Å². The van der Waals surface area contributed by atoms with Gasteiger partial charge in [0.2, 0.25) is 0 Å². The lowest BCUT2D eigenvalue weighted by Crippen LogP contribution is -2.32. The molecule has 2 rings (SSSR count). The largest absolute Gasteiger partial charge is 0.330 e. The summed E-state index contributed by atoms with van der Waals surface area (Å²) in [6.45, 7) is 3.00. The van der Waals surface area contributed by atoms with Crippen molar-refractivity contribution in [3.63, 3.8) is 0 Å². The van der Waals surface area contributed by atoms with Gasteiger partial charge in [0, 0.05) is 6.42 Å². The fourth-order valence-corrected chi connectivity index (χ4v) is 3.36. The van der Waals surface area contributed by atoms with E-state index >= 15 is 0 Å². The van der Waals surface area contributed by atoms with Gasteiger partial charge in [-0.15, -0.1) is 0 Å². The van der Waals surface area contributed by atoms with Crippen LogP contribution < -0.4 is 10.5 Å². The van der Waals surface area contributed by atoms with E-state index in [0.717, 1.165) is 24.5 Å². The molecule has 1 aliphatic heterocycles. The quantitative estimate of drug-likeness (QED) is 0.575. The third-order valence-corrected chi connectivity index (χ3v) is 4.43. The average Bonchev–Trinajstić information content (AvgIpc) is 2.87. The number of rotatable bonds is 4. The van der Waals surface area contributed by atoms with E-state index in [9.17, 15) is 4.79 Å². The number of nitrogens with two attached hydrogens (primary N) is 1. The van der Waals surface area contributed by atoms with E-state index in [1.165, 1.54) is 31.2 Å². The topological polar surface area (TPSA) is 67.5 Å². The molecule has 3 atom stereocenters. The summed E-state index contributed by atoms with van der Waals surface area (Å²) in [7, 11) is 0. The van der Waals surface area contributed by atoms with Crippen LogP contribution >= 0.6 is 11.9 Å². The third-order valence-electron chi connectivity index (χ3n) is 3.62. The Morgan fingerprint density at radius 1 is 1.75 bits per heavy atom. The first-order valence-corrected chi connectivity index (χ1v) is 6.69. The van der Waals surface area contributed by atoms with Gasteiger partial charge in [0.25, 0.3) is 0 Å². The number of hydrogen-bond acceptors (Lipinski definition) is 5. The van der Waals surface area contributed by atoms with Gasteiger partial charge in [-0.1, -0.05) is 13.3 Å². The molecule has 0 radical (unpaired) electrons. The summed E-state index contributed by atoms with van der Waals surface area (Å²) in [5.41, 5.74) is 6.13. The second kappa shape index (κ2) is 4.75. The van der Waals surface area contributed by atoms with Crippen LogP contribution in [0.5, 0.6) is 0 Å². The lowest BCUT2D eigenvalue weighted by Gasteiger charge is -2.27. The lowest BCUT2D eigenvalue weighted by molar-refractivity contribution is -0.107. The highest BCUT2D eigenvalue weighted by molar-refractivity contribution is 7.99. The molecule has 0 bridgehead atoms. The number of aliphatic imine (C=N–C) groups is 1. The van der Waals surface area contributed by atoms with Crippen LogP contribution in [0.2, 0.25) is 0 Å². The monoisotopic (exact) mass is 241 g/mol. The molecule has 2 aliphatic rings. The molecule has 90 valence electrons. The van der Waals surface area contributed by atoms with Gasteiger partial charge in [0.1, 0.15) is 5.84 Å². The Hall–Kier alpha value is -0.550.